The summed E-state index contributed by atoms with van der Waals surface area (Å²) >= 11 is 0. The van der Waals surface area contributed by atoms with Crippen LogP contribution in [0.15, 0.2) is 18.2 Å². The molecule has 14 heavy (non-hydrogen) atoms. The average molecular weight is 201 g/mol. The van der Waals surface area contributed by atoms with Crippen LogP contribution in [0.1, 0.15) is 12.5 Å². The number of carboxylic acids is 1. The molecule has 1 aromatic rings. The van der Waals surface area contributed by atoms with Gasteiger partial charge in [-0.3, -0.25) is 0 Å². The molecule has 3 nitrogen and oxygen atoms in total. The molecule has 0 saturated carbocycles. The Morgan fingerprint density at radius 3 is 2.57 bits per heavy atom. The van der Waals surface area contributed by atoms with Gasteiger partial charge in [-0.05, 0) is 25.1 Å². The molecule has 76 valence electrons. The van der Waals surface area contributed by atoms with Gasteiger partial charge in [-0.1, -0.05) is 0 Å². The largest absolute Gasteiger partial charge is 0.480 e. The van der Waals surface area contributed by atoms with E-state index >= 15 is 0 Å². The number of benzene rings is 1. The third kappa shape index (κ3) is 1.72. The number of rotatable bonds is 2. The molecule has 0 amide bonds. The molecule has 1 aromatic carbocycles. The highest BCUT2D eigenvalue weighted by atomic mass is 19.1. The van der Waals surface area contributed by atoms with Crippen molar-refractivity contribution in [3.05, 3.63) is 35.4 Å². The molecule has 1 unspecified atom stereocenters. The van der Waals surface area contributed by atoms with Crippen LogP contribution in [0.25, 0.3) is 0 Å². The van der Waals surface area contributed by atoms with Crippen LogP contribution in [-0.2, 0) is 10.3 Å². The van der Waals surface area contributed by atoms with Gasteiger partial charge in [-0.2, -0.15) is 0 Å². The number of carboxylic acid groups (broad SMARTS) is 1. The first-order valence-corrected chi connectivity index (χ1v) is 3.83. The van der Waals surface area contributed by atoms with Crippen molar-refractivity contribution in [2.45, 2.75) is 12.5 Å². The minimum Gasteiger partial charge on any atom is -0.480 e. The molecule has 3 N–H and O–H groups in total. The van der Waals surface area contributed by atoms with Gasteiger partial charge < -0.3 is 10.8 Å². The number of nitrogens with two attached hydrogens (primary N) is 1. The zero-order valence-corrected chi connectivity index (χ0v) is 7.42. The van der Waals surface area contributed by atoms with E-state index in [1.54, 1.807) is 0 Å². The van der Waals surface area contributed by atoms with Gasteiger partial charge in [0.15, 0.2) is 0 Å². The van der Waals surface area contributed by atoms with Crippen molar-refractivity contribution in [3.63, 3.8) is 0 Å². The summed E-state index contributed by atoms with van der Waals surface area (Å²) < 4.78 is 25.8. The Hall–Kier alpha value is -1.49. The van der Waals surface area contributed by atoms with Gasteiger partial charge in [0.25, 0.3) is 0 Å². The Balaban J connectivity index is 3.31. The fraction of sp³-hybridized carbons (Fsp3) is 0.222. The number of carbonyl (C=O) groups is 1. The number of hydrogen-bond acceptors (Lipinski definition) is 2. The number of aliphatic carboxylic acids is 1. The standard InChI is InChI=1S/C9H9F2NO2/c1-9(12,8(13)14)6-4-5(10)2-3-7(6)11/h2-4H,12H2,1H3,(H,13,14). The van der Waals surface area contributed by atoms with E-state index in [2.05, 4.69) is 0 Å². The zero-order chi connectivity index (χ0) is 10.9. The first-order chi connectivity index (χ1) is 6.35. The molecule has 0 heterocycles. The van der Waals surface area contributed by atoms with E-state index < -0.39 is 23.1 Å². The summed E-state index contributed by atoms with van der Waals surface area (Å²) in [4.78, 5) is 10.7. The van der Waals surface area contributed by atoms with Gasteiger partial charge in [-0.25, -0.2) is 13.6 Å². The van der Waals surface area contributed by atoms with E-state index in [1.165, 1.54) is 0 Å². The second kappa shape index (κ2) is 3.34. The Morgan fingerprint density at radius 1 is 1.50 bits per heavy atom. The van der Waals surface area contributed by atoms with Crippen molar-refractivity contribution in [2.24, 2.45) is 5.73 Å². The highest BCUT2D eigenvalue weighted by Crippen LogP contribution is 2.22. The maximum absolute atomic E-state index is 13.1. The molecule has 0 spiro atoms. The highest BCUT2D eigenvalue weighted by Gasteiger charge is 2.33. The fourth-order valence-corrected chi connectivity index (χ4v) is 1.01. The Kier molecular flexibility index (Phi) is 2.53. The molecule has 5 heteroatoms. The van der Waals surface area contributed by atoms with Crippen LogP contribution in [0.5, 0.6) is 0 Å². The van der Waals surface area contributed by atoms with Gasteiger partial charge in [-0.15, -0.1) is 0 Å². The SMILES string of the molecule is CC(N)(C(=O)O)c1cc(F)ccc1F. The first-order valence-electron chi connectivity index (χ1n) is 3.83. The molecule has 0 radical (unpaired) electrons. The fourth-order valence-electron chi connectivity index (χ4n) is 1.01. The van der Waals surface area contributed by atoms with Gasteiger partial charge in [0.05, 0.1) is 0 Å². The zero-order valence-electron chi connectivity index (χ0n) is 7.42. The predicted molar refractivity (Wildman–Crippen MR) is 45.5 cm³/mol. The minimum absolute atomic E-state index is 0.370. The monoisotopic (exact) mass is 201 g/mol. The summed E-state index contributed by atoms with van der Waals surface area (Å²) in [6.45, 7) is 1.10. The summed E-state index contributed by atoms with van der Waals surface area (Å²) in [5.74, 6) is -2.97. The second-order valence-electron chi connectivity index (χ2n) is 3.13. The van der Waals surface area contributed by atoms with Crippen molar-refractivity contribution < 1.29 is 18.7 Å². The van der Waals surface area contributed by atoms with Crippen LogP contribution in [-0.4, -0.2) is 11.1 Å². The van der Waals surface area contributed by atoms with Crippen molar-refractivity contribution in [3.8, 4) is 0 Å². The lowest BCUT2D eigenvalue weighted by atomic mass is 9.93. The maximum atomic E-state index is 13.1. The third-order valence-electron chi connectivity index (χ3n) is 1.93. The lowest BCUT2D eigenvalue weighted by molar-refractivity contribution is -0.143. The molecule has 0 bridgehead atoms. The third-order valence-corrected chi connectivity index (χ3v) is 1.93. The number of halogens is 2. The Morgan fingerprint density at radius 2 is 2.07 bits per heavy atom. The van der Waals surface area contributed by atoms with Crippen LogP contribution in [0.2, 0.25) is 0 Å². The van der Waals surface area contributed by atoms with Gasteiger partial charge in [0.1, 0.15) is 17.2 Å². The van der Waals surface area contributed by atoms with Crippen LogP contribution >= 0.6 is 0 Å². The van der Waals surface area contributed by atoms with Crippen LogP contribution in [0.4, 0.5) is 8.78 Å². The van der Waals surface area contributed by atoms with E-state index in [9.17, 15) is 13.6 Å². The molecule has 0 aromatic heterocycles. The Labute approximate surface area is 79.2 Å². The smallest absolute Gasteiger partial charge is 0.328 e. The summed E-state index contributed by atoms with van der Waals surface area (Å²) in [5, 5.41) is 8.70. The van der Waals surface area contributed by atoms with Crippen LogP contribution in [0, 0.1) is 11.6 Å². The number of hydrogen-bond donors (Lipinski definition) is 2. The van der Waals surface area contributed by atoms with E-state index in [4.69, 9.17) is 10.8 Å². The van der Waals surface area contributed by atoms with Gasteiger partial charge >= 0.3 is 5.97 Å². The lowest BCUT2D eigenvalue weighted by Crippen LogP contribution is -2.42. The second-order valence-corrected chi connectivity index (χ2v) is 3.13. The van der Waals surface area contributed by atoms with Gasteiger partial charge in [0.2, 0.25) is 0 Å². The van der Waals surface area contributed by atoms with E-state index in [0.29, 0.717) is 0 Å². The molecule has 0 saturated heterocycles. The maximum Gasteiger partial charge on any atom is 0.328 e. The average Bonchev–Trinajstić information content (AvgIpc) is 2.08. The lowest BCUT2D eigenvalue weighted by Gasteiger charge is -2.20. The topological polar surface area (TPSA) is 63.3 Å². The van der Waals surface area contributed by atoms with Crippen LogP contribution < -0.4 is 5.73 Å². The summed E-state index contributed by atoms with van der Waals surface area (Å²) in [6, 6.07) is 2.53. The summed E-state index contributed by atoms with van der Waals surface area (Å²) in [7, 11) is 0. The molecule has 0 aliphatic rings. The van der Waals surface area contributed by atoms with Crippen molar-refractivity contribution in [1.29, 1.82) is 0 Å². The molecule has 1 atom stereocenters. The molecule has 1 rings (SSSR count). The summed E-state index contributed by atoms with van der Waals surface area (Å²) in [6.07, 6.45) is 0. The van der Waals surface area contributed by atoms with Crippen LogP contribution in [0.3, 0.4) is 0 Å². The van der Waals surface area contributed by atoms with Gasteiger partial charge in [0, 0.05) is 5.56 Å². The molecular weight excluding hydrogens is 192 g/mol. The Bertz CT molecular complexity index is 377. The summed E-state index contributed by atoms with van der Waals surface area (Å²) in [5.41, 5.74) is 3.05. The normalized spacial score (nSPS) is 14.9. The minimum atomic E-state index is -1.92. The predicted octanol–water partition coefficient (Wildman–Crippen LogP) is 1.22. The van der Waals surface area contributed by atoms with Crippen molar-refractivity contribution in [1.82, 2.24) is 0 Å². The quantitative estimate of drug-likeness (QED) is 0.756. The van der Waals surface area contributed by atoms with E-state index in [-0.39, 0.29) is 5.56 Å². The van der Waals surface area contributed by atoms with E-state index in [1.807, 2.05) is 0 Å². The molecule has 0 aliphatic heterocycles. The van der Waals surface area contributed by atoms with Crippen molar-refractivity contribution in [2.75, 3.05) is 0 Å². The van der Waals surface area contributed by atoms with Crippen molar-refractivity contribution >= 4 is 5.97 Å². The molecule has 0 aliphatic carbocycles. The van der Waals surface area contributed by atoms with E-state index in [0.717, 1.165) is 25.1 Å². The first kappa shape index (κ1) is 10.6. The molecule has 0 fully saturated rings. The highest BCUT2D eigenvalue weighted by molar-refractivity contribution is 5.79. The molecular formula is C9H9F2NO2.